The van der Waals surface area contributed by atoms with E-state index in [9.17, 15) is 0 Å². The van der Waals surface area contributed by atoms with Crippen LogP contribution in [0.1, 0.15) is 283 Å². The second kappa shape index (κ2) is 50.3. The van der Waals surface area contributed by atoms with Crippen LogP contribution in [0.2, 0.25) is 0 Å². The van der Waals surface area contributed by atoms with E-state index >= 15 is 0 Å². The number of aromatic nitrogens is 12. The molecule has 0 atom stereocenters. The predicted octanol–water partition coefficient (Wildman–Crippen LogP) is 21.7. The van der Waals surface area contributed by atoms with Crippen molar-refractivity contribution in [2.75, 3.05) is 116 Å². The van der Waals surface area contributed by atoms with Crippen molar-refractivity contribution in [3.8, 4) is 0 Å². The highest BCUT2D eigenvalue weighted by Gasteiger charge is 2.39. The molecule has 4 heterocycles. The third-order valence-electron chi connectivity index (χ3n) is 19.3. The molecule has 109 heavy (non-hydrogen) atoms. The van der Waals surface area contributed by atoms with Gasteiger partial charge >= 0.3 is 0 Å². The van der Waals surface area contributed by atoms with Crippen LogP contribution in [0.15, 0.2) is 97.1 Å². The molecule has 0 spiro atoms. The first-order chi connectivity index (χ1) is 53.7. The monoisotopic (exact) mass is 1490 g/mol. The molecule has 0 fully saturated rings. The number of hydrogen-bond donors (Lipinski definition) is 12. The molecule has 12 N–H and O–H groups in total. The number of unbranched alkanes of at least 4 members (excludes halogenated alkanes) is 24. The van der Waals surface area contributed by atoms with Gasteiger partial charge in [0.2, 0.25) is 71.4 Å². The quantitative estimate of drug-likeness (QED) is 0.0125. The normalized spacial score (nSPS) is 11.3. The number of nitrogens with zero attached hydrogens (tertiary/aromatic N) is 12. The summed E-state index contributed by atoms with van der Waals surface area (Å²) in [5, 5.41) is 42.4. The largest absolute Gasteiger partial charge is 0.354 e. The third-order valence-corrected chi connectivity index (χ3v) is 19.3. The van der Waals surface area contributed by atoms with Crippen molar-refractivity contribution >= 4 is 94.1 Å². The van der Waals surface area contributed by atoms with Crippen LogP contribution in [0.25, 0.3) is 0 Å². The van der Waals surface area contributed by atoms with E-state index in [4.69, 9.17) is 59.8 Å². The second-order valence-corrected chi connectivity index (χ2v) is 28.7. The van der Waals surface area contributed by atoms with E-state index < -0.39 is 5.41 Å². The van der Waals surface area contributed by atoms with Gasteiger partial charge < -0.3 is 63.8 Å². The number of anilines is 16. The minimum absolute atomic E-state index is 0.448. The summed E-state index contributed by atoms with van der Waals surface area (Å²) in [5.41, 5.74) is 6.32. The van der Waals surface area contributed by atoms with Crippen molar-refractivity contribution in [3.63, 3.8) is 0 Å². The van der Waals surface area contributed by atoms with Gasteiger partial charge in [0, 0.05) is 75.1 Å². The van der Waals surface area contributed by atoms with Crippen LogP contribution in [-0.4, -0.2) is 112 Å². The second-order valence-electron chi connectivity index (χ2n) is 28.7. The van der Waals surface area contributed by atoms with Crippen LogP contribution in [0.3, 0.4) is 0 Å². The Balaban J connectivity index is 1.24. The van der Waals surface area contributed by atoms with Gasteiger partial charge in [-0.05, 0) is 122 Å². The molecule has 0 amide bonds. The fraction of sp³-hybridized carbons (Fsp3) is 0.576. The Hall–Kier alpha value is -9.48. The van der Waals surface area contributed by atoms with E-state index in [1.54, 1.807) is 0 Å². The van der Waals surface area contributed by atoms with E-state index in [1.165, 1.54) is 103 Å². The highest BCUT2D eigenvalue weighted by molar-refractivity contribution is 5.69. The fourth-order valence-corrected chi connectivity index (χ4v) is 13.1. The van der Waals surface area contributed by atoms with Gasteiger partial charge in [-0.1, -0.05) is 258 Å². The number of nitrogens with one attached hydrogen (secondary N) is 12. The maximum absolute atomic E-state index is 4.94. The lowest BCUT2D eigenvalue weighted by Gasteiger charge is -2.37. The highest BCUT2D eigenvalue weighted by Crippen LogP contribution is 2.47. The lowest BCUT2D eigenvalue weighted by Crippen LogP contribution is -2.31. The average molecular weight is 1490 g/mol. The van der Waals surface area contributed by atoms with Gasteiger partial charge in [0.05, 0.1) is 5.41 Å². The van der Waals surface area contributed by atoms with Crippen molar-refractivity contribution in [1.82, 2.24) is 59.8 Å². The van der Waals surface area contributed by atoms with Crippen molar-refractivity contribution in [1.29, 1.82) is 0 Å². The van der Waals surface area contributed by atoms with E-state index in [0.29, 0.717) is 71.4 Å². The summed E-state index contributed by atoms with van der Waals surface area (Å²) in [6, 6.07) is 34.6. The van der Waals surface area contributed by atoms with Gasteiger partial charge in [-0.25, -0.2) is 0 Å². The summed E-state index contributed by atoms with van der Waals surface area (Å²) in [4.78, 5) is 58.8. The minimum atomic E-state index is -0.963. The zero-order chi connectivity index (χ0) is 76.6. The summed E-state index contributed by atoms with van der Waals surface area (Å²) >= 11 is 0. The minimum Gasteiger partial charge on any atom is -0.354 e. The topological polar surface area (TPSA) is 299 Å². The molecule has 0 radical (unpaired) electrons. The highest BCUT2D eigenvalue weighted by atomic mass is 15.3. The zero-order valence-electron chi connectivity index (χ0n) is 67.4. The van der Waals surface area contributed by atoms with Gasteiger partial charge in [-0.3, -0.25) is 0 Å². The molecule has 0 aliphatic carbocycles. The molecule has 0 aliphatic rings. The molecule has 0 saturated carbocycles. The van der Waals surface area contributed by atoms with Gasteiger partial charge in [0.25, 0.3) is 0 Å². The Labute approximate surface area is 652 Å². The lowest BCUT2D eigenvalue weighted by molar-refractivity contribution is 0.681. The smallest absolute Gasteiger partial charge is 0.233 e. The van der Waals surface area contributed by atoms with Crippen LogP contribution in [0.5, 0.6) is 0 Å². The molecule has 0 aliphatic heterocycles. The summed E-state index contributed by atoms with van der Waals surface area (Å²) in [5.74, 6) is 6.09. The van der Waals surface area contributed by atoms with Gasteiger partial charge in [-0.15, -0.1) is 0 Å². The number of rotatable bonds is 60. The molecule has 24 nitrogen and oxygen atoms in total. The molecule has 0 bridgehead atoms. The maximum atomic E-state index is 4.94. The molecule has 4 aromatic heterocycles. The Morgan fingerprint density at radius 2 is 0.312 bits per heavy atom. The molecule has 8 rings (SSSR count). The summed E-state index contributed by atoms with van der Waals surface area (Å²) in [7, 11) is 0. The summed E-state index contributed by atoms with van der Waals surface area (Å²) in [6.07, 6.45) is 36.2. The Kier molecular flexibility index (Phi) is 39.3. The number of benzene rings is 4. The lowest BCUT2D eigenvalue weighted by atomic mass is 9.65. The summed E-state index contributed by atoms with van der Waals surface area (Å²) in [6.45, 7) is 24.0. The van der Waals surface area contributed by atoms with Crippen molar-refractivity contribution in [2.45, 2.75) is 266 Å². The molecule has 8 aromatic rings. The zero-order valence-corrected chi connectivity index (χ0v) is 67.4. The number of hydrogen-bond acceptors (Lipinski definition) is 24. The van der Waals surface area contributed by atoms with Crippen molar-refractivity contribution in [3.05, 3.63) is 119 Å². The molecule has 4 aromatic carbocycles. The molecule has 24 heteroatoms. The SMILES string of the molecule is CCCCCCNc1nc(NCCCCCC)nc(Nc2ccc(C(c3ccc(Nc4nc(NCCCCCC)nc(NCCCCCC)n4)cc3)(c3ccc(Nc4nc(NCCCCCC)nc(NCCCCCC)n4)cc3)c3ccc(Nc4nc(NCCCCCC)nc(NCCCCCC)n4)cc3)cc2)n1. The van der Waals surface area contributed by atoms with E-state index in [0.717, 1.165) is 200 Å². The van der Waals surface area contributed by atoms with Crippen LogP contribution in [-0.2, 0) is 5.41 Å². The maximum Gasteiger partial charge on any atom is 0.233 e. The van der Waals surface area contributed by atoms with Gasteiger partial charge in [0.1, 0.15) is 0 Å². The van der Waals surface area contributed by atoms with E-state index in [1.807, 2.05) is 0 Å². The van der Waals surface area contributed by atoms with Crippen LogP contribution in [0.4, 0.5) is 94.1 Å². The molecular formula is C85H132N24. The first-order valence-electron chi connectivity index (χ1n) is 42.1. The van der Waals surface area contributed by atoms with E-state index in [-0.39, 0.29) is 0 Å². The standard InChI is InChI=1S/C85H132N24/c1-9-17-25-33-57-86-73-98-74(87-58-34-26-18-10-2)103-81(102-73)94-69-49-41-65(42-50-69)85(66-43-51-70(52-44-66)95-82-104-75(88-59-35-27-19-11-3)99-76(105-82)89-60-36-28-20-12-4,67-45-53-71(54-46-67)96-83-106-77(90-61-37-29-21-13-5)100-78(107-83)91-62-38-30-22-14-6)68-47-55-72(56-48-68)97-84-108-79(92-63-39-31-23-15-7)101-80(109-84)93-64-40-32-24-16-8/h41-56H,9-40,57-64H2,1-8H3,(H3,86,87,94,98,102,103)(H3,88,89,95,99,104,105)(H3,90,91,96,100,106,107)(H3,92,93,97,101,108,109). The van der Waals surface area contributed by atoms with Crippen LogP contribution in [0, 0.1) is 0 Å². The predicted molar refractivity (Wildman–Crippen MR) is 458 cm³/mol. The molecule has 0 unspecified atom stereocenters. The van der Waals surface area contributed by atoms with Crippen LogP contribution < -0.4 is 63.8 Å². The Bertz CT molecular complexity index is 3130. The average Bonchev–Trinajstić information content (AvgIpc) is 0.731. The molecular weight excluding hydrogens is 1360 g/mol. The van der Waals surface area contributed by atoms with Crippen molar-refractivity contribution < 1.29 is 0 Å². The molecule has 592 valence electrons. The van der Waals surface area contributed by atoms with E-state index in [2.05, 4.69) is 216 Å². The Morgan fingerprint density at radius 3 is 0.450 bits per heavy atom. The van der Waals surface area contributed by atoms with Gasteiger partial charge in [-0.2, -0.15) is 59.8 Å². The Morgan fingerprint density at radius 1 is 0.174 bits per heavy atom. The van der Waals surface area contributed by atoms with Gasteiger partial charge in [0.15, 0.2) is 0 Å². The first kappa shape index (κ1) is 85.1. The summed E-state index contributed by atoms with van der Waals surface area (Å²) < 4.78 is 0. The first-order valence-corrected chi connectivity index (χ1v) is 42.1. The van der Waals surface area contributed by atoms with Crippen molar-refractivity contribution in [2.24, 2.45) is 0 Å². The fourth-order valence-electron chi connectivity index (χ4n) is 13.1. The van der Waals surface area contributed by atoms with Crippen LogP contribution >= 0.6 is 0 Å². The molecule has 0 saturated heterocycles. The third kappa shape index (κ3) is 30.1.